The lowest BCUT2D eigenvalue weighted by molar-refractivity contribution is -0.134. The number of anilines is 3. The highest BCUT2D eigenvalue weighted by Gasteiger charge is 2.18. The van der Waals surface area contributed by atoms with Crippen molar-refractivity contribution in [3.05, 3.63) is 140 Å². The Morgan fingerprint density at radius 3 is 1.72 bits per heavy atom. The number of carbonyl (C=O) groups excluding carboxylic acids is 1. The third-order valence-electron chi connectivity index (χ3n) is 6.44. The summed E-state index contributed by atoms with van der Waals surface area (Å²) in [7, 11) is -4.37. The van der Waals surface area contributed by atoms with E-state index in [0.717, 1.165) is 35.4 Å². The van der Waals surface area contributed by atoms with Crippen LogP contribution in [0.2, 0.25) is 0 Å². The Balaban J connectivity index is 1.25. The zero-order chi connectivity index (χ0) is 32.8. The molecule has 1 aliphatic rings. The van der Waals surface area contributed by atoms with Crippen molar-refractivity contribution in [3.8, 4) is 11.1 Å². The molecule has 15 heteroatoms. The third-order valence-corrected chi connectivity index (χ3v) is 7.31. The Kier molecular flexibility index (Phi) is 8.88. The van der Waals surface area contributed by atoms with Crippen LogP contribution in [0.5, 0.6) is 0 Å². The molecule has 4 aromatic rings. The second-order valence-electron chi connectivity index (χ2n) is 9.57. The fraction of sp³-hybridized carbons (Fsp3) is 0. The zero-order valence-corrected chi connectivity index (χ0v) is 24.2. The van der Waals surface area contributed by atoms with Crippen molar-refractivity contribution in [1.82, 2.24) is 0 Å². The molecule has 0 bridgehead atoms. The van der Waals surface area contributed by atoms with Gasteiger partial charge in [-0.1, -0.05) is 24.3 Å². The summed E-state index contributed by atoms with van der Waals surface area (Å²) in [5.74, 6) is -1.92. The molecule has 5 rings (SSSR count). The second-order valence-corrected chi connectivity index (χ2v) is 11.0. The van der Waals surface area contributed by atoms with Gasteiger partial charge in [-0.15, -0.1) is 0 Å². The minimum atomic E-state index is -4.37. The topological polar surface area (TPSA) is 216 Å². The van der Waals surface area contributed by atoms with Crippen LogP contribution in [0.4, 0.5) is 17.1 Å². The van der Waals surface area contributed by atoms with Crippen LogP contribution in [0, 0.1) is 0 Å². The van der Waals surface area contributed by atoms with Gasteiger partial charge in [-0.05, 0) is 90.0 Å². The van der Waals surface area contributed by atoms with Crippen LogP contribution in [0.15, 0.2) is 139 Å². The normalized spacial score (nSPS) is 14.7. The second kappa shape index (κ2) is 13.1. The van der Waals surface area contributed by atoms with E-state index >= 15 is 0 Å². The van der Waals surface area contributed by atoms with Crippen LogP contribution >= 0.6 is 0 Å². The van der Waals surface area contributed by atoms with Crippen molar-refractivity contribution in [2.45, 2.75) is 4.90 Å². The van der Waals surface area contributed by atoms with Crippen molar-refractivity contribution in [1.29, 1.82) is 0 Å². The highest BCUT2D eigenvalue weighted by Crippen LogP contribution is 2.23. The van der Waals surface area contributed by atoms with E-state index in [0.29, 0.717) is 11.4 Å². The van der Waals surface area contributed by atoms with E-state index in [2.05, 4.69) is 31.6 Å². The van der Waals surface area contributed by atoms with Crippen LogP contribution in [0.3, 0.4) is 0 Å². The van der Waals surface area contributed by atoms with E-state index in [1.54, 1.807) is 24.3 Å². The molecular weight excluding hydrogens is 616 g/mol. The lowest BCUT2D eigenvalue weighted by atomic mass is 10.0. The number of carbonyl (C=O) groups is 2. The first-order chi connectivity index (χ1) is 22.0. The van der Waals surface area contributed by atoms with E-state index in [9.17, 15) is 27.6 Å². The number of nitrogens with zero attached hydrogens (tertiary/aromatic N) is 3. The quantitative estimate of drug-likeness (QED) is 0.0773. The molecule has 0 saturated carbocycles. The molecule has 0 spiro atoms. The summed E-state index contributed by atoms with van der Waals surface area (Å²) in [5, 5.41) is 20.7. The predicted octanol–water partition coefficient (Wildman–Crippen LogP) is 1.97. The Labute approximate surface area is 259 Å². The Morgan fingerprint density at radius 2 is 1.17 bits per heavy atom. The first-order valence-corrected chi connectivity index (χ1v) is 14.7. The molecule has 5 N–H and O–H groups in total. The lowest BCUT2D eigenvalue weighted by Gasteiger charge is -2.07. The monoisotopic (exact) mass is 638 g/mol. The van der Waals surface area contributed by atoms with Crippen LogP contribution < -0.4 is 37.8 Å². The largest absolute Gasteiger partial charge is 0.478 e. The number of nitrogens with one attached hydrogen (secondary N) is 3. The van der Waals surface area contributed by atoms with Gasteiger partial charge in [0.05, 0.1) is 27.7 Å². The van der Waals surface area contributed by atoms with Gasteiger partial charge in [0.1, 0.15) is 10.9 Å². The molecule has 230 valence electrons. The number of rotatable bonds is 9. The van der Waals surface area contributed by atoms with Gasteiger partial charge in [0.25, 0.3) is 10.1 Å². The zero-order valence-electron chi connectivity index (χ0n) is 23.4. The molecule has 0 amide bonds. The van der Waals surface area contributed by atoms with E-state index in [1.165, 1.54) is 30.4 Å². The Bertz CT molecular complexity index is 2270. The Morgan fingerprint density at radius 1 is 0.652 bits per heavy atom. The average Bonchev–Trinajstić information content (AvgIpc) is 3.04. The van der Waals surface area contributed by atoms with Gasteiger partial charge in [-0.3, -0.25) is 35.2 Å². The first kappa shape index (κ1) is 31.1. The van der Waals surface area contributed by atoms with Gasteiger partial charge < -0.3 is 5.11 Å². The number of ketones is 1. The van der Waals surface area contributed by atoms with Crippen molar-refractivity contribution in [2.75, 3.05) is 16.3 Å². The minimum absolute atomic E-state index is 0.0670. The van der Waals surface area contributed by atoms with Gasteiger partial charge >= 0.3 is 5.97 Å². The average molecular weight is 639 g/mol. The first-order valence-electron chi connectivity index (χ1n) is 13.2. The molecule has 0 atom stereocenters. The molecule has 0 saturated heterocycles. The molecule has 0 heterocycles. The summed E-state index contributed by atoms with van der Waals surface area (Å²) in [6.45, 7) is 0. The number of hydrogen-bond donors (Lipinski definition) is 5. The van der Waals surface area contributed by atoms with Crippen LogP contribution in [-0.4, -0.2) is 35.5 Å². The van der Waals surface area contributed by atoms with Crippen molar-refractivity contribution in [2.24, 2.45) is 15.3 Å². The van der Waals surface area contributed by atoms with E-state index in [4.69, 9.17) is 9.66 Å². The molecular formula is C31H22N6O8S. The van der Waals surface area contributed by atoms with Gasteiger partial charge in [0.2, 0.25) is 10.9 Å². The number of carboxylic acids is 1. The number of allylic oxidation sites excluding steroid dienone is 3. The SMILES string of the molecule is O=C(O)C1=C/C(=N/Nc2ccc(-c3ccc(N/N=c4/ccc(=O)/c(=N/Nc5ccc(S(=O)(=O)O)cc5)c4=O)cc3)cc2)C=CC1=O. The van der Waals surface area contributed by atoms with Crippen LogP contribution in [0.1, 0.15) is 0 Å². The smallest absolute Gasteiger partial charge is 0.339 e. The maximum absolute atomic E-state index is 12.8. The van der Waals surface area contributed by atoms with Crippen LogP contribution in [-0.2, 0) is 19.7 Å². The van der Waals surface area contributed by atoms with Crippen molar-refractivity contribution < 1.29 is 27.7 Å². The summed E-state index contributed by atoms with van der Waals surface area (Å²) in [6, 6.07) is 21.7. The summed E-state index contributed by atoms with van der Waals surface area (Å²) in [6.07, 6.45) is 3.75. The summed E-state index contributed by atoms with van der Waals surface area (Å²) >= 11 is 0. The van der Waals surface area contributed by atoms with E-state index in [-0.39, 0.29) is 27.2 Å². The fourth-order valence-corrected chi connectivity index (χ4v) is 4.52. The molecule has 46 heavy (non-hydrogen) atoms. The summed E-state index contributed by atoms with van der Waals surface area (Å²) in [4.78, 5) is 47.5. The fourth-order valence-electron chi connectivity index (χ4n) is 4.04. The molecule has 0 fully saturated rings. The number of benzene rings is 4. The van der Waals surface area contributed by atoms with Gasteiger partial charge in [0, 0.05) is 0 Å². The predicted molar refractivity (Wildman–Crippen MR) is 169 cm³/mol. The minimum Gasteiger partial charge on any atom is -0.478 e. The highest BCUT2D eigenvalue weighted by molar-refractivity contribution is 7.85. The number of hydrazone groups is 1. The molecule has 0 aliphatic heterocycles. The molecule has 0 radical (unpaired) electrons. The van der Waals surface area contributed by atoms with Gasteiger partial charge in [-0.25, -0.2) is 4.79 Å². The van der Waals surface area contributed by atoms with E-state index < -0.39 is 38.1 Å². The number of hydrogen-bond acceptors (Lipinski definition) is 12. The number of aliphatic carboxylic acids is 1. The van der Waals surface area contributed by atoms with Gasteiger partial charge in [-0.2, -0.15) is 23.7 Å². The maximum atomic E-state index is 12.8. The van der Waals surface area contributed by atoms with Crippen molar-refractivity contribution in [3.63, 3.8) is 0 Å². The van der Waals surface area contributed by atoms with Crippen LogP contribution in [0.25, 0.3) is 11.1 Å². The molecule has 1 aliphatic carbocycles. The summed E-state index contributed by atoms with van der Waals surface area (Å²) in [5.41, 5.74) is 9.91. The number of carboxylic acid groups (broad SMARTS) is 1. The van der Waals surface area contributed by atoms with E-state index in [1.807, 2.05) is 24.3 Å². The maximum Gasteiger partial charge on any atom is 0.339 e. The molecule has 14 nitrogen and oxygen atoms in total. The van der Waals surface area contributed by atoms with Crippen molar-refractivity contribution >= 4 is 44.6 Å². The van der Waals surface area contributed by atoms with Gasteiger partial charge in [0.15, 0.2) is 11.1 Å². The molecule has 0 aromatic heterocycles. The standard InChI is InChI=1S/C31H22N6O8S/c38-27-15-11-23(17-25(27)31(41)42)35-32-20-5-1-18(2-6-20)19-3-7-21(8-4-19)33-36-26-14-16-28(39)29(30(26)40)37-34-22-9-12-24(13-10-22)46(43,44)45/h1-17,32-34H,(H,41,42)(H,43,44,45)/b35-23+,36-26-,37-29-. The Hall–Kier alpha value is -6.32. The lowest BCUT2D eigenvalue weighted by Crippen LogP contribution is -2.47. The molecule has 4 aromatic carbocycles. The summed E-state index contributed by atoms with van der Waals surface area (Å²) < 4.78 is 31.4. The highest BCUT2D eigenvalue weighted by atomic mass is 32.2. The third kappa shape index (κ3) is 7.42. The molecule has 0 unspecified atom stereocenters.